The molecule has 1 unspecified atom stereocenters. The molecule has 0 bridgehead atoms. The van der Waals surface area contributed by atoms with E-state index in [1.807, 2.05) is 24.3 Å². The largest absolute Gasteiger partial charge is 0.497 e. The van der Waals surface area contributed by atoms with Crippen LogP contribution in [0.1, 0.15) is 5.56 Å². The minimum absolute atomic E-state index is 0.358. The van der Waals surface area contributed by atoms with Crippen LogP contribution < -0.4 is 4.74 Å². The molecule has 0 saturated heterocycles. The summed E-state index contributed by atoms with van der Waals surface area (Å²) in [4.78, 5) is 0. The van der Waals surface area contributed by atoms with E-state index in [2.05, 4.69) is 0 Å². The second-order valence-electron chi connectivity index (χ2n) is 3.16. The fourth-order valence-corrected chi connectivity index (χ4v) is 1.32. The second kappa shape index (κ2) is 5.62. The number of ether oxygens (including phenoxy) is 2. The fraction of sp³-hybridized carbons (Fsp3) is 0.455. The highest BCUT2D eigenvalue weighted by Gasteiger charge is 2.05. The molecule has 3 heteroatoms. The smallest absolute Gasteiger partial charge is 0.119 e. The number of aliphatic hydroxyl groups excluding tert-OH is 1. The fourth-order valence-electron chi connectivity index (χ4n) is 1.32. The molecule has 0 aliphatic heterocycles. The van der Waals surface area contributed by atoms with Gasteiger partial charge in [-0.15, -0.1) is 0 Å². The van der Waals surface area contributed by atoms with Crippen molar-refractivity contribution in [2.45, 2.75) is 12.5 Å². The highest BCUT2D eigenvalue weighted by atomic mass is 16.5. The minimum atomic E-state index is -0.452. The third-order valence-electron chi connectivity index (χ3n) is 1.96. The number of methoxy groups -OCH3 is 2. The van der Waals surface area contributed by atoms with Gasteiger partial charge < -0.3 is 14.6 Å². The maximum atomic E-state index is 9.50. The molecule has 1 aromatic rings. The van der Waals surface area contributed by atoms with Gasteiger partial charge in [0.05, 0.1) is 19.8 Å². The molecular formula is C11H16O3. The second-order valence-corrected chi connectivity index (χ2v) is 3.16. The normalized spacial score (nSPS) is 12.5. The zero-order valence-electron chi connectivity index (χ0n) is 8.56. The predicted molar refractivity (Wildman–Crippen MR) is 54.6 cm³/mol. The van der Waals surface area contributed by atoms with Gasteiger partial charge >= 0.3 is 0 Å². The molecule has 0 radical (unpaired) electrons. The number of hydrogen-bond acceptors (Lipinski definition) is 3. The van der Waals surface area contributed by atoms with Crippen LogP contribution in [-0.4, -0.2) is 32.0 Å². The Morgan fingerprint density at radius 3 is 2.79 bits per heavy atom. The van der Waals surface area contributed by atoms with E-state index in [0.29, 0.717) is 13.0 Å². The van der Waals surface area contributed by atoms with E-state index < -0.39 is 6.10 Å². The SMILES string of the molecule is COCC(O)Cc1cccc(OC)c1. The molecule has 1 aromatic carbocycles. The first-order valence-electron chi connectivity index (χ1n) is 4.56. The van der Waals surface area contributed by atoms with Crippen molar-refractivity contribution in [2.75, 3.05) is 20.8 Å². The van der Waals surface area contributed by atoms with Gasteiger partial charge in [-0.1, -0.05) is 12.1 Å². The molecular weight excluding hydrogens is 180 g/mol. The lowest BCUT2D eigenvalue weighted by Gasteiger charge is -2.09. The van der Waals surface area contributed by atoms with E-state index in [-0.39, 0.29) is 0 Å². The molecule has 78 valence electrons. The first-order valence-corrected chi connectivity index (χ1v) is 4.56. The molecule has 1 rings (SSSR count). The lowest BCUT2D eigenvalue weighted by Crippen LogP contribution is -2.16. The highest BCUT2D eigenvalue weighted by Crippen LogP contribution is 2.13. The quantitative estimate of drug-likeness (QED) is 0.770. The van der Waals surface area contributed by atoms with Crippen LogP contribution in [0.2, 0.25) is 0 Å². The molecule has 14 heavy (non-hydrogen) atoms. The molecule has 0 saturated carbocycles. The van der Waals surface area contributed by atoms with Gasteiger partial charge in [0.15, 0.2) is 0 Å². The lowest BCUT2D eigenvalue weighted by molar-refractivity contribution is 0.0650. The van der Waals surface area contributed by atoms with Gasteiger partial charge in [-0.3, -0.25) is 0 Å². The summed E-state index contributed by atoms with van der Waals surface area (Å²) in [6.07, 6.45) is 0.137. The number of rotatable bonds is 5. The van der Waals surface area contributed by atoms with Crippen molar-refractivity contribution in [1.29, 1.82) is 0 Å². The van der Waals surface area contributed by atoms with Gasteiger partial charge in [0.25, 0.3) is 0 Å². The summed E-state index contributed by atoms with van der Waals surface area (Å²) >= 11 is 0. The van der Waals surface area contributed by atoms with Crippen molar-refractivity contribution in [2.24, 2.45) is 0 Å². The van der Waals surface area contributed by atoms with Gasteiger partial charge in [0.1, 0.15) is 5.75 Å². The van der Waals surface area contributed by atoms with Crippen LogP contribution in [0, 0.1) is 0 Å². The van der Waals surface area contributed by atoms with Crippen LogP contribution in [0.15, 0.2) is 24.3 Å². The van der Waals surface area contributed by atoms with Gasteiger partial charge in [0, 0.05) is 13.5 Å². The summed E-state index contributed by atoms with van der Waals surface area (Å²) in [7, 11) is 3.21. The molecule has 0 aliphatic rings. The van der Waals surface area contributed by atoms with E-state index in [0.717, 1.165) is 11.3 Å². The first-order chi connectivity index (χ1) is 6.76. The van der Waals surface area contributed by atoms with Crippen LogP contribution in [0.4, 0.5) is 0 Å². The maximum absolute atomic E-state index is 9.50. The van der Waals surface area contributed by atoms with Crippen LogP contribution in [0.3, 0.4) is 0 Å². The number of hydrogen-bond donors (Lipinski definition) is 1. The Bertz CT molecular complexity index is 273. The van der Waals surface area contributed by atoms with E-state index in [9.17, 15) is 5.11 Å². The molecule has 0 amide bonds. The van der Waals surface area contributed by atoms with Gasteiger partial charge in [0.2, 0.25) is 0 Å². The van der Waals surface area contributed by atoms with Gasteiger partial charge in [-0.2, -0.15) is 0 Å². The maximum Gasteiger partial charge on any atom is 0.119 e. The Morgan fingerprint density at radius 1 is 1.36 bits per heavy atom. The Hall–Kier alpha value is -1.06. The van der Waals surface area contributed by atoms with Crippen LogP contribution in [0.25, 0.3) is 0 Å². The Balaban J connectivity index is 2.57. The van der Waals surface area contributed by atoms with Crippen LogP contribution in [0.5, 0.6) is 5.75 Å². The molecule has 0 aromatic heterocycles. The standard InChI is InChI=1S/C11H16O3/c1-13-8-10(12)6-9-4-3-5-11(7-9)14-2/h3-5,7,10,12H,6,8H2,1-2H3. The predicted octanol–water partition coefficient (Wildman–Crippen LogP) is 1.25. The van der Waals surface area contributed by atoms with Crippen molar-refractivity contribution in [1.82, 2.24) is 0 Å². The molecule has 0 fully saturated rings. The summed E-state index contributed by atoms with van der Waals surface area (Å²) in [5, 5.41) is 9.50. The zero-order chi connectivity index (χ0) is 10.4. The van der Waals surface area contributed by atoms with E-state index in [1.54, 1.807) is 14.2 Å². The summed E-state index contributed by atoms with van der Waals surface area (Å²) < 4.78 is 9.93. The zero-order valence-corrected chi connectivity index (χ0v) is 8.56. The third-order valence-corrected chi connectivity index (χ3v) is 1.96. The van der Waals surface area contributed by atoms with Crippen molar-refractivity contribution in [3.05, 3.63) is 29.8 Å². The summed E-state index contributed by atoms with van der Waals surface area (Å²) in [6.45, 7) is 0.358. The van der Waals surface area contributed by atoms with Gasteiger partial charge in [-0.25, -0.2) is 0 Å². The van der Waals surface area contributed by atoms with Crippen molar-refractivity contribution in [3.8, 4) is 5.75 Å². The Morgan fingerprint density at radius 2 is 2.14 bits per heavy atom. The van der Waals surface area contributed by atoms with Crippen LogP contribution in [-0.2, 0) is 11.2 Å². The number of benzene rings is 1. The Kier molecular flexibility index (Phi) is 4.43. The molecule has 1 N–H and O–H groups in total. The molecule has 0 aliphatic carbocycles. The molecule has 0 heterocycles. The number of aliphatic hydroxyl groups is 1. The minimum Gasteiger partial charge on any atom is -0.497 e. The summed E-state index contributed by atoms with van der Waals surface area (Å²) in [5.74, 6) is 0.812. The van der Waals surface area contributed by atoms with E-state index >= 15 is 0 Å². The average Bonchev–Trinajstić information content (AvgIpc) is 2.18. The first kappa shape index (κ1) is 11.0. The van der Waals surface area contributed by atoms with E-state index in [4.69, 9.17) is 9.47 Å². The molecule has 3 nitrogen and oxygen atoms in total. The van der Waals surface area contributed by atoms with Crippen molar-refractivity contribution in [3.63, 3.8) is 0 Å². The summed E-state index contributed by atoms with van der Waals surface area (Å²) in [6, 6.07) is 7.67. The van der Waals surface area contributed by atoms with E-state index in [1.165, 1.54) is 0 Å². The average molecular weight is 196 g/mol. The van der Waals surface area contributed by atoms with Gasteiger partial charge in [-0.05, 0) is 17.7 Å². The topological polar surface area (TPSA) is 38.7 Å². The molecule has 1 atom stereocenters. The molecule has 0 spiro atoms. The highest BCUT2D eigenvalue weighted by molar-refractivity contribution is 5.28. The van der Waals surface area contributed by atoms with Crippen LogP contribution >= 0.6 is 0 Å². The Labute approximate surface area is 84.3 Å². The monoisotopic (exact) mass is 196 g/mol. The third kappa shape index (κ3) is 3.36. The van der Waals surface area contributed by atoms with Crippen molar-refractivity contribution >= 4 is 0 Å². The summed E-state index contributed by atoms with van der Waals surface area (Å²) in [5.41, 5.74) is 1.05. The van der Waals surface area contributed by atoms with Crippen molar-refractivity contribution < 1.29 is 14.6 Å². The lowest BCUT2D eigenvalue weighted by atomic mass is 10.1.